The van der Waals surface area contributed by atoms with Gasteiger partial charge in [-0.15, -0.1) is 0 Å². The third kappa shape index (κ3) is 4.46. The van der Waals surface area contributed by atoms with Gasteiger partial charge in [-0.05, 0) is 61.4 Å². The predicted octanol–water partition coefficient (Wildman–Crippen LogP) is 3.58. The molecular formula is C22H21NO5. The number of carbonyl (C=O) groups is 3. The van der Waals surface area contributed by atoms with Crippen LogP contribution in [0.1, 0.15) is 41.3 Å². The van der Waals surface area contributed by atoms with E-state index in [1.54, 1.807) is 31.2 Å². The Morgan fingerprint density at radius 1 is 1.14 bits per heavy atom. The Morgan fingerprint density at radius 3 is 2.61 bits per heavy atom. The molecule has 6 heteroatoms. The van der Waals surface area contributed by atoms with Crippen LogP contribution in [0.25, 0.3) is 6.08 Å². The highest BCUT2D eigenvalue weighted by Crippen LogP contribution is 2.32. The van der Waals surface area contributed by atoms with Crippen LogP contribution in [0.2, 0.25) is 0 Å². The highest BCUT2D eigenvalue weighted by molar-refractivity contribution is 6.05. The number of hydrogen-bond acceptors (Lipinski definition) is 5. The number of anilines is 1. The molecule has 1 N–H and O–H groups in total. The van der Waals surface area contributed by atoms with E-state index in [2.05, 4.69) is 5.32 Å². The standard InChI is InChI=1S/C22H21NO5/c1-3-27-17-8-4-15(5-9-17)6-11-21(25)28-13-20(24)16-7-10-19-18(12-16)14(2)22(26)23-19/h4-12,14H,3,13H2,1-2H3,(H,23,26)/b11-6+/t14-/m0/s1. The fraction of sp³-hybridized carbons (Fsp3) is 0.227. The van der Waals surface area contributed by atoms with Crippen molar-refractivity contribution >= 4 is 29.4 Å². The summed E-state index contributed by atoms with van der Waals surface area (Å²) in [6.45, 7) is 3.92. The van der Waals surface area contributed by atoms with E-state index in [0.717, 1.165) is 16.9 Å². The first kappa shape index (κ1) is 19.4. The van der Waals surface area contributed by atoms with E-state index in [9.17, 15) is 14.4 Å². The Morgan fingerprint density at radius 2 is 1.89 bits per heavy atom. The molecule has 0 spiro atoms. The van der Waals surface area contributed by atoms with Crippen LogP contribution < -0.4 is 10.1 Å². The Hall–Kier alpha value is -3.41. The van der Waals surface area contributed by atoms with Crippen molar-refractivity contribution in [1.29, 1.82) is 0 Å². The molecule has 1 heterocycles. The van der Waals surface area contributed by atoms with Gasteiger partial charge in [-0.3, -0.25) is 9.59 Å². The second kappa shape index (κ2) is 8.52. The van der Waals surface area contributed by atoms with E-state index in [1.165, 1.54) is 6.08 Å². The number of benzene rings is 2. The third-order valence-corrected chi connectivity index (χ3v) is 4.44. The number of Topliss-reactive ketones (excluding diaryl/α,β-unsaturated/α-hetero) is 1. The maximum absolute atomic E-state index is 12.3. The molecule has 0 saturated carbocycles. The first-order chi connectivity index (χ1) is 13.5. The average Bonchev–Trinajstić information content (AvgIpc) is 2.99. The van der Waals surface area contributed by atoms with E-state index in [1.807, 2.05) is 31.2 Å². The van der Waals surface area contributed by atoms with Crippen molar-refractivity contribution in [1.82, 2.24) is 0 Å². The van der Waals surface area contributed by atoms with Gasteiger partial charge in [0.05, 0.1) is 12.5 Å². The maximum atomic E-state index is 12.3. The van der Waals surface area contributed by atoms with Crippen LogP contribution in [0.4, 0.5) is 5.69 Å². The van der Waals surface area contributed by atoms with Crippen molar-refractivity contribution < 1.29 is 23.9 Å². The number of esters is 1. The predicted molar refractivity (Wildman–Crippen MR) is 105 cm³/mol. The number of ether oxygens (including phenoxy) is 2. The van der Waals surface area contributed by atoms with Crippen molar-refractivity contribution in [3.8, 4) is 5.75 Å². The number of rotatable bonds is 7. The zero-order valence-corrected chi connectivity index (χ0v) is 15.7. The number of fused-ring (bicyclic) bond motifs is 1. The van der Waals surface area contributed by atoms with Gasteiger partial charge in [0.2, 0.25) is 5.91 Å². The van der Waals surface area contributed by atoms with Gasteiger partial charge in [-0.1, -0.05) is 12.1 Å². The molecule has 1 aliphatic heterocycles. The summed E-state index contributed by atoms with van der Waals surface area (Å²) in [6, 6.07) is 12.2. The van der Waals surface area contributed by atoms with Crippen LogP contribution in [0, 0.1) is 0 Å². The minimum Gasteiger partial charge on any atom is -0.494 e. The zero-order valence-electron chi connectivity index (χ0n) is 15.7. The molecular weight excluding hydrogens is 358 g/mol. The summed E-state index contributed by atoms with van der Waals surface area (Å²) < 4.78 is 10.4. The molecule has 1 aliphatic rings. The largest absolute Gasteiger partial charge is 0.494 e. The summed E-state index contributed by atoms with van der Waals surface area (Å²) in [4.78, 5) is 35.8. The number of amides is 1. The van der Waals surface area contributed by atoms with E-state index in [4.69, 9.17) is 9.47 Å². The normalized spacial score (nSPS) is 15.2. The lowest BCUT2D eigenvalue weighted by molar-refractivity contribution is -0.136. The lowest BCUT2D eigenvalue weighted by Crippen LogP contribution is -2.13. The van der Waals surface area contributed by atoms with Gasteiger partial charge in [0, 0.05) is 17.3 Å². The van der Waals surface area contributed by atoms with Crippen LogP contribution in [0.15, 0.2) is 48.5 Å². The first-order valence-corrected chi connectivity index (χ1v) is 9.03. The van der Waals surface area contributed by atoms with Crippen LogP contribution in [0.5, 0.6) is 5.75 Å². The van der Waals surface area contributed by atoms with Crippen molar-refractivity contribution in [3.05, 3.63) is 65.2 Å². The summed E-state index contributed by atoms with van der Waals surface area (Å²) in [5.41, 5.74) is 2.71. The summed E-state index contributed by atoms with van der Waals surface area (Å²) in [7, 11) is 0. The molecule has 0 aromatic heterocycles. The van der Waals surface area contributed by atoms with E-state index in [0.29, 0.717) is 17.9 Å². The molecule has 2 aromatic rings. The van der Waals surface area contributed by atoms with E-state index >= 15 is 0 Å². The van der Waals surface area contributed by atoms with Crippen LogP contribution >= 0.6 is 0 Å². The molecule has 0 radical (unpaired) electrons. The summed E-state index contributed by atoms with van der Waals surface area (Å²) in [6.07, 6.45) is 2.88. The van der Waals surface area contributed by atoms with Crippen molar-refractivity contribution in [2.45, 2.75) is 19.8 Å². The number of hydrogen-bond donors (Lipinski definition) is 1. The molecule has 0 bridgehead atoms. The van der Waals surface area contributed by atoms with Gasteiger partial charge >= 0.3 is 5.97 Å². The smallest absolute Gasteiger partial charge is 0.331 e. The lowest BCUT2D eigenvalue weighted by Gasteiger charge is -2.06. The van der Waals surface area contributed by atoms with Crippen molar-refractivity contribution in [2.24, 2.45) is 0 Å². The Kier molecular flexibility index (Phi) is 5.89. The molecule has 3 rings (SSSR count). The monoisotopic (exact) mass is 379 g/mol. The van der Waals surface area contributed by atoms with Gasteiger partial charge in [0.15, 0.2) is 12.4 Å². The Labute approximate surface area is 163 Å². The van der Waals surface area contributed by atoms with Crippen molar-refractivity contribution in [2.75, 3.05) is 18.5 Å². The van der Waals surface area contributed by atoms with Gasteiger partial charge < -0.3 is 14.8 Å². The molecule has 1 amide bonds. The molecule has 0 fully saturated rings. The molecule has 6 nitrogen and oxygen atoms in total. The fourth-order valence-corrected chi connectivity index (χ4v) is 2.86. The minimum absolute atomic E-state index is 0.0922. The molecule has 28 heavy (non-hydrogen) atoms. The van der Waals surface area contributed by atoms with Gasteiger partial charge in [0.1, 0.15) is 5.75 Å². The molecule has 0 unspecified atom stereocenters. The molecule has 0 saturated heterocycles. The van der Waals surface area contributed by atoms with Crippen LogP contribution in [-0.2, 0) is 14.3 Å². The molecule has 144 valence electrons. The Balaban J connectivity index is 1.54. The highest BCUT2D eigenvalue weighted by Gasteiger charge is 2.27. The third-order valence-electron chi connectivity index (χ3n) is 4.44. The second-order valence-electron chi connectivity index (χ2n) is 6.38. The van der Waals surface area contributed by atoms with Crippen LogP contribution in [0.3, 0.4) is 0 Å². The van der Waals surface area contributed by atoms with Gasteiger partial charge in [-0.25, -0.2) is 4.79 Å². The van der Waals surface area contributed by atoms with Crippen LogP contribution in [-0.4, -0.2) is 30.9 Å². The summed E-state index contributed by atoms with van der Waals surface area (Å²) >= 11 is 0. The topological polar surface area (TPSA) is 81.7 Å². The van der Waals surface area contributed by atoms with Gasteiger partial charge in [-0.2, -0.15) is 0 Å². The fourth-order valence-electron chi connectivity index (χ4n) is 2.86. The summed E-state index contributed by atoms with van der Waals surface area (Å²) in [5, 5.41) is 2.75. The first-order valence-electron chi connectivity index (χ1n) is 9.03. The van der Waals surface area contributed by atoms with E-state index in [-0.39, 0.29) is 24.2 Å². The zero-order chi connectivity index (χ0) is 20.1. The molecule has 1 atom stereocenters. The molecule has 0 aliphatic carbocycles. The lowest BCUT2D eigenvalue weighted by atomic mass is 9.99. The van der Waals surface area contributed by atoms with E-state index < -0.39 is 5.97 Å². The number of ketones is 1. The summed E-state index contributed by atoms with van der Waals surface area (Å²) in [5.74, 6) is -0.563. The average molecular weight is 379 g/mol. The highest BCUT2D eigenvalue weighted by atomic mass is 16.5. The van der Waals surface area contributed by atoms with Gasteiger partial charge in [0.25, 0.3) is 0 Å². The second-order valence-corrected chi connectivity index (χ2v) is 6.38. The number of carbonyl (C=O) groups excluding carboxylic acids is 3. The minimum atomic E-state index is -0.603. The maximum Gasteiger partial charge on any atom is 0.331 e. The SMILES string of the molecule is CCOc1ccc(/C=C/C(=O)OCC(=O)c2ccc3c(c2)[C@H](C)C(=O)N3)cc1. The number of nitrogens with one attached hydrogen (secondary N) is 1. The quantitative estimate of drug-likeness (QED) is 0.452. The molecule has 2 aromatic carbocycles. The Bertz CT molecular complexity index is 930. The van der Waals surface area contributed by atoms with Crippen molar-refractivity contribution in [3.63, 3.8) is 0 Å².